The van der Waals surface area contributed by atoms with E-state index in [1.165, 1.54) is 19.3 Å². The maximum Gasteiger partial charge on any atom is 0.293 e. The lowest BCUT2D eigenvalue weighted by Gasteiger charge is -2.23. The third-order valence-corrected chi connectivity index (χ3v) is 5.53. The van der Waals surface area contributed by atoms with Crippen LogP contribution in [0.1, 0.15) is 78.8 Å². The van der Waals surface area contributed by atoms with E-state index in [0.29, 0.717) is 24.0 Å². The number of hydrogen-bond donors (Lipinski definition) is 1. The minimum Gasteiger partial charge on any atom is -0.372 e. The van der Waals surface area contributed by atoms with E-state index in [1.54, 1.807) is 12.4 Å². The van der Waals surface area contributed by atoms with Crippen LogP contribution in [0.2, 0.25) is 0 Å². The van der Waals surface area contributed by atoms with Crippen molar-refractivity contribution in [2.24, 2.45) is 0 Å². The molecule has 0 aromatic carbocycles. The maximum absolute atomic E-state index is 13.0. The van der Waals surface area contributed by atoms with Crippen LogP contribution >= 0.6 is 0 Å². The lowest BCUT2D eigenvalue weighted by atomic mass is 9.87. The molecule has 2 fully saturated rings. The van der Waals surface area contributed by atoms with E-state index in [1.807, 2.05) is 18.0 Å². The van der Waals surface area contributed by atoms with Crippen molar-refractivity contribution in [3.8, 4) is 0 Å². The highest BCUT2D eigenvalue weighted by molar-refractivity contribution is 5.92. The Morgan fingerprint density at radius 1 is 1.15 bits per heavy atom. The molecule has 138 valence electrons. The van der Waals surface area contributed by atoms with Gasteiger partial charge in [-0.05, 0) is 25.7 Å². The Labute approximate surface area is 153 Å². The lowest BCUT2D eigenvalue weighted by Crippen LogP contribution is -2.30. The monoisotopic (exact) mass is 355 g/mol. The zero-order valence-corrected chi connectivity index (χ0v) is 15.1. The smallest absolute Gasteiger partial charge is 0.293 e. The van der Waals surface area contributed by atoms with Gasteiger partial charge in [0.2, 0.25) is 5.76 Å². The molecule has 2 aromatic heterocycles. The van der Waals surface area contributed by atoms with E-state index in [4.69, 9.17) is 4.52 Å². The van der Waals surface area contributed by atoms with E-state index < -0.39 is 0 Å². The minimum atomic E-state index is -0.0984. The van der Waals surface area contributed by atoms with Gasteiger partial charge in [0.05, 0.1) is 29.8 Å². The van der Waals surface area contributed by atoms with E-state index in [0.717, 1.165) is 37.1 Å². The van der Waals surface area contributed by atoms with Crippen molar-refractivity contribution < 1.29 is 9.32 Å². The molecule has 1 saturated carbocycles. The number of carbonyl (C=O) groups excluding carboxylic acids is 1. The fourth-order valence-electron chi connectivity index (χ4n) is 4.10. The van der Waals surface area contributed by atoms with Crippen LogP contribution in [0.15, 0.2) is 23.0 Å². The summed E-state index contributed by atoms with van der Waals surface area (Å²) in [7, 11) is 1.81. The third-order valence-electron chi connectivity index (χ3n) is 5.53. The molecule has 7 heteroatoms. The molecule has 0 spiro atoms. The molecule has 0 radical (unpaired) electrons. The summed E-state index contributed by atoms with van der Waals surface area (Å²) in [4.78, 5) is 23.6. The van der Waals surface area contributed by atoms with Gasteiger partial charge in [-0.15, -0.1) is 0 Å². The molecule has 1 N–H and O–H groups in total. The van der Waals surface area contributed by atoms with Gasteiger partial charge < -0.3 is 14.7 Å². The molecular weight excluding hydrogens is 330 g/mol. The summed E-state index contributed by atoms with van der Waals surface area (Å²) in [5.74, 6) is 1.39. The first-order valence-corrected chi connectivity index (χ1v) is 9.53. The average molecular weight is 355 g/mol. The van der Waals surface area contributed by atoms with E-state index in [-0.39, 0.29) is 11.9 Å². The lowest BCUT2D eigenvalue weighted by molar-refractivity contribution is 0.0690. The number of carbonyl (C=O) groups is 1. The van der Waals surface area contributed by atoms with Crippen molar-refractivity contribution in [1.82, 2.24) is 20.0 Å². The number of amides is 1. The van der Waals surface area contributed by atoms with Crippen LogP contribution in [0, 0.1) is 0 Å². The molecule has 2 aliphatic rings. The SMILES string of the molecule is CNc1cncc([C@@H]2CCCN2C(=O)c2cc(C3CCCCC3)no2)n1. The summed E-state index contributed by atoms with van der Waals surface area (Å²) in [5, 5.41) is 7.20. The molecule has 1 saturated heterocycles. The second kappa shape index (κ2) is 7.43. The molecule has 2 aromatic rings. The maximum atomic E-state index is 13.0. The van der Waals surface area contributed by atoms with E-state index in [9.17, 15) is 4.79 Å². The number of nitrogens with one attached hydrogen (secondary N) is 1. The standard InChI is InChI=1S/C19H25N5O2/c1-20-18-12-21-11-15(22-18)16-8-5-9-24(16)19(25)17-10-14(23-26-17)13-6-3-2-4-7-13/h10-13,16H,2-9H2,1H3,(H,20,22)/t16-/m0/s1. The number of anilines is 1. The van der Waals surface area contributed by atoms with E-state index >= 15 is 0 Å². The Hall–Kier alpha value is -2.44. The summed E-state index contributed by atoms with van der Waals surface area (Å²) in [6.07, 6.45) is 11.3. The molecule has 1 aliphatic carbocycles. The molecule has 1 atom stereocenters. The number of aromatic nitrogens is 3. The first-order chi connectivity index (χ1) is 12.8. The number of hydrogen-bond acceptors (Lipinski definition) is 6. The highest BCUT2D eigenvalue weighted by Gasteiger charge is 2.34. The van der Waals surface area contributed by atoms with Crippen LogP contribution in [0.3, 0.4) is 0 Å². The summed E-state index contributed by atoms with van der Waals surface area (Å²) in [6, 6.07) is 1.79. The van der Waals surface area contributed by atoms with Gasteiger partial charge in [0, 0.05) is 25.6 Å². The average Bonchev–Trinajstić information content (AvgIpc) is 3.38. The van der Waals surface area contributed by atoms with Gasteiger partial charge in [-0.25, -0.2) is 4.98 Å². The van der Waals surface area contributed by atoms with Crippen molar-refractivity contribution in [3.63, 3.8) is 0 Å². The number of nitrogens with zero attached hydrogens (tertiary/aromatic N) is 4. The molecule has 1 aliphatic heterocycles. The molecule has 7 nitrogen and oxygen atoms in total. The topological polar surface area (TPSA) is 84.2 Å². The quantitative estimate of drug-likeness (QED) is 0.903. The summed E-state index contributed by atoms with van der Waals surface area (Å²) < 4.78 is 5.43. The van der Waals surface area contributed by atoms with Crippen molar-refractivity contribution >= 4 is 11.7 Å². The van der Waals surface area contributed by atoms with Gasteiger partial charge in [0.1, 0.15) is 5.82 Å². The highest BCUT2D eigenvalue weighted by Crippen LogP contribution is 2.35. The Kier molecular flexibility index (Phi) is 4.86. The fraction of sp³-hybridized carbons (Fsp3) is 0.579. The van der Waals surface area contributed by atoms with Crippen LogP contribution in [-0.4, -0.2) is 39.5 Å². The van der Waals surface area contributed by atoms with Crippen molar-refractivity contribution in [2.75, 3.05) is 18.9 Å². The van der Waals surface area contributed by atoms with Crippen LogP contribution < -0.4 is 5.32 Å². The highest BCUT2D eigenvalue weighted by atomic mass is 16.5. The normalized spacial score (nSPS) is 21.1. The third kappa shape index (κ3) is 3.30. The van der Waals surface area contributed by atoms with E-state index in [2.05, 4.69) is 20.4 Å². The van der Waals surface area contributed by atoms with Crippen LogP contribution in [0.5, 0.6) is 0 Å². The van der Waals surface area contributed by atoms with Gasteiger partial charge >= 0.3 is 0 Å². The van der Waals surface area contributed by atoms with Gasteiger partial charge in [-0.3, -0.25) is 9.78 Å². The van der Waals surface area contributed by atoms with Crippen molar-refractivity contribution in [1.29, 1.82) is 0 Å². The Balaban J connectivity index is 1.52. The first kappa shape index (κ1) is 17.0. The number of rotatable bonds is 4. The molecule has 3 heterocycles. The van der Waals surface area contributed by atoms with Crippen LogP contribution in [0.25, 0.3) is 0 Å². The summed E-state index contributed by atoms with van der Waals surface area (Å²) in [6.45, 7) is 0.703. The van der Waals surface area contributed by atoms with Crippen molar-refractivity contribution in [2.45, 2.75) is 56.9 Å². The summed E-state index contributed by atoms with van der Waals surface area (Å²) >= 11 is 0. The molecule has 0 bridgehead atoms. The molecule has 1 amide bonds. The molecule has 4 rings (SSSR count). The van der Waals surface area contributed by atoms with Crippen molar-refractivity contribution in [3.05, 3.63) is 35.6 Å². The minimum absolute atomic E-state index is 0.0634. The molecular formula is C19H25N5O2. The predicted octanol–water partition coefficient (Wildman–Crippen LogP) is 3.53. The predicted molar refractivity (Wildman–Crippen MR) is 96.9 cm³/mol. The summed E-state index contributed by atoms with van der Waals surface area (Å²) in [5.41, 5.74) is 1.75. The van der Waals surface area contributed by atoms with Gasteiger partial charge in [-0.1, -0.05) is 24.4 Å². The second-order valence-corrected chi connectivity index (χ2v) is 7.19. The Morgan fingerprint density at radius 2 is 2.00 bits per heavy atom. The number of likely N-dealkylation sites (tertiary alicyclic amines) is 1. The molecule has 0 unspecified atom stereocenters. The Bertz CT molecular complexity index is 769. The fourth-order valence-corrected chi connectivity index (χ4v) is 4.10. The Morgan fingerprint density at radius 3 is 2.81 bits per heavy atom. The van der Waals surface area contributed by atoms with Crippen LogP contribution in [0.4, 0.5) is 5.82 Å². The molecule has 26 heavy (non-hydrogen) atoms. The van der Waals surface area contributed by atoms with Crippen LogP contribution in [-0.2, 0) is 0 Å². The van der Waals surface area contributed by atoms with Gasteiger partial charge in [0.15, 0.2) is 0 Å². The first-order valence-electron chi connectivity index (χ1n) is 9.53. The largest absolute Gasteiger partial charge is 0.372 e. The van der Waals surface area contributed by atoms with Gasteiger partial charge in [0.25, 0.3) is 5.91 Å². The zero-order valence-electron chi connectivity index (χ0n) is 15.1. The van der Waals surface area contributed by atoms with Gasteiger partial charge in [-0.2, -0.15) is 0 Å². The zero-order chi connectivity index (χ0) is 17.9. The second-order valence-electron chi connectivity index (χ2n) is 7.19.